The molecule has 2 aliphatic carbocycles. The van der Waals surface area contributed by atoms with E-state index >= 15 is 0 Å². The van der Waals surface area contributed by atoms with E-state index in [-0.39, 0.29) is 22.9 Å². The quantitative estimate of drug-likeness (QED) is 0.869. The summed E-state index contributed by atoms with van der Waals surface area (Å²) in [7, 11) is 0. The van der Waals surface area contributed by atoms with E-state index < -0.39 is 0 Å². The normalized spacial score (nSPS) is 33.1. The van der Waals surface area contributed by atoms with Gasteiger partial charge >= 0.3 is 5.97 Å². The molecule has 2 fully saturated rings. The van der Waals surface area contributed by atoms with Gasteiger partial charge in [-0.2, -0.15) is 0 Å². The monoisotopic (exact) mass is 288 g/mol. The Kier molecular flexibility index (Phi) is 3.32. The minimum absolute atomic E-state index is 0.0215. The van der Waals surface area contributed by atoms with Gasteiger partial charge in [-0.25, -0.2) is 4.79 Å². The lowest BCUT2D eigenvalue weighted by Gasteiger charge is -2.38. The molecule has 3 atom stereocenters. The van der Waals surface area contributed by atoms with E-state index in [1.54, 1.807) is 18.3 Å². The lowest BCUT2D eigenvalue weighted by Crippen LogP contribution is -2.38. The van der Waals surface area contributed by atoms with E-state index in [9.17, 15) is 4.79 Å². The van der Waals surface area contributed by atoms with Crippen molar-refractivity contribution in [2.45, 2.75) is 52.7 Å². The maximum absolute atomic E-state index is 12.4. The Hall–Kier alpha value is -1.42. The molecule has 0 spiro atoms. The van der Waals surface area contributed by atoms with Gasteiger partial charge in [-0.3, -0.25) is 4.98 Å². The molecule has 0 aromatic carbocycles. The Morgan fingerprint density at radius 1 is 1.48 bits per heavy atom. The van der Waals surface area contributed by atoms with Gasteiger partial charge < -0.3 is 10.5 Å². The standard InChI is InChI=1S/C17H24N2O2/c1-16(2)12-4-6-17(16,3)14(9-12)21-15(20)11-5-7-19-13(8-11)10-18/h5,7-8,12,14H,4,6,9-10,18H2,1-3H3. The summed E-state index contributed by atoms with van der Waals surface area (Å²) in [6.07, 6.45) is 5.03. The number of pyridine rings is 1. The summed E-state index contributed by atoms with van der Waals surface area (Å²) in [6.45, 7) is 7.24. The number of rotatable bonds is 3. The van der Waals surface area contributed by atoms with Crippen molar-refractivity contribution in [3.05, 3.63) is 29.6 Å². The maximum Gasteiger partial charge on any atom is 0.338 e. The number of hydrogen-bond donors (Lipinski definition) is 1. The second-order valence-electron chi connectivity index (χ2n) is 7.24. The number of carbonyl (C=O) groups is 1. The first kappa shape index (κ1) is 14.5. The summed E-state index contributed by atoms with van der Waals surface area (Å²) in [5.74, 6) is 0.416. The maximum atomic E-state index is 12.4. The van der Waals surface area contributed by atoms with E-state index in [0.717, 1.165) is 12.8 Å². The van der Waals surface area contributed by atoms with Crippen molar-refractivity contribution in [2.24, 2.45) is 22.5 Å². The van der Waals surface area contributed by atoms with Crippen molar-refractivity contribution in [2.75, 3.05) is 0 Å². The SMILES string of the molecule is CC1(C)C2CCC1(C)C(OC(=O)c1ccnc(CN)c1)C2. The molecule has 0 amide bonds. The number of nitrogens with two attached hydrogens (primary N) is 1. The predicted molar refractivity (Wildman–Crippen MR) is 80.6 cm³/mol. The molecule has 1 aromatic heterocycles. The van der Waals surface area contributed by atoms with Crippen molar-refractivity contribution in [3.8, 4) is 0 Å². The highest BCUT2D eigenvalue weighted by atomic mass is 16.5. The van der Waals surface area contributed by atoms with Crippen LogP contribution in [0.3, 0.4) is 0 Å². The third-order valence-electron chi connectivity index (χ3n) is 6.22. The zero-order valence-corrected chi connectivity index (χ0v) is 13.1. The Labute approximate surface area is 126 Å². The molecule has 2 saturated carbocycles. The molecular formula is C17H24N2O2. The lowest BCUT2D eigenvalue weighted by molar-refractivity contribution is -0.0242. The summed E-state index contributed by atoms with van der Waals surface area (Å²) >= 11 is 0. The largest absolute Gasteiger partial charge is 0.458 e. The molecule has 3 unspecified atom stereocenters. The van der Waals surface area contributed by atoms with Crippen molar-refractivity contribution in [1.29, 1.82) is 0 Å². The van der Waals surface area contributed by atoms with E-state index in [4.69, 9.17) is 10.5 Å². The molecule has 0 aliphatic heterocycles. The number of esters is 1. The number of nitrogens with zero attached hydrogens (tertiary/aromatic N) is 1. The zero-order chi connectivity index (χ0) is 15.3. The average molecular weight is 288 g/mol. The smallest absolute Gasteiger partial charge is 0.338 e. The van der Waals surface area contributed by atoms with Crippen molar-refractivity contribution >= 4 is 5.97 Å². The second kappa shape index (κ2) is 4.80. The van der Waals surface area contributed by atoms with E-state index in [1.165, 1.54) is 6.42 Å². The Bertz CT molecular complexity index is 570. The van der Waals surface area contributed by atoms with Crippen LogP contribution in [0.2, 0.25) is 0 Å². The number of aromatic nitrogens is 1. The highest BCUT2D eigenvalue weighted by molar-refractivity contribution is 5.89. The summed E-state index contributed by atoms with van der Waals surface area (Å²) in [6, 6.07) is 3.42. The summed E-state index contributed by atoms with van der Waals surface area (Å²) in [4.78, 5) is 16.5. The fourth-order valence-corrected chi connectivity index (χ4v) is 4.22. The predicted octanol–water partition coefficient (Wildman–Crippen LogP) is 2.91. The van der Waals surface area contributed by atoms with Gasteiger partial charge in [0, 0.05) is 18.2 Å². The van der Waals surface area contributed by atoms with Gasteiger partial charge in [-0.15, -0.1) is 0 Å². The molecule has 2 N–H and O–H groups in total. The van der Waals surface area contributed by atoms with Crippen LogP contribution in [0.5, 0.6) is 0 Å². The molecule has 0 radical (unpaired) electrons. The molecule has 1 heterocycles. The van der Waals surface area contributed by atoms with Crippen LogP contribution in [-0.2, 0) is 11.3 Å². The number of fused-ring (bicyclic) bond motifs is 2. The van der Waals surface area contributed by atoms with Crippen LogP contribution in [0.25, 0.3) is 0 Å². The molecule has 114 valence electrons. The fraction of sp³-hybridized carbons (Fsp3) is 0.647. The molecule has 1 aromatic rings. The molecule has 4 nitrogen and oxygen atoms in total. The van der Waals surface area contributed by atoms with Crippen LogP contribution in [0.4, 0.5) is 0 Å². The van der Waals surface area contributed by atoms with Crippen LogP contribution in [0, 0.1) is 16.7 Å². The fourth-order valence-electron chi connectivity index (χ4n) is 4.22. The second-order valence-corrected chi connectivity index (χ2v) is 7.24. The van der Waals surface area contributed by atoms with Crippen LogP contribution in [0.1, 0.15) is 56.1 Å². The zero-order valence-electron chi connectivity index (χ0n) is 13.1. The Morgan fingerprint density at radius 2 is 2.24 bits per heavy atom. The van der Waals surface area contributed by atoms with Gasteiger partial charge in [0.1, 0.15) is 6.10 Å². The third kappa shape index (κ3) is 2.08. The minimum atomic E-state index is -0.248. The molecule has 3 rings (SSSR count). The summed E-state index contributed by atoms with van der Waals surface area (Å²) in [5, 5.41) is 0. The van der Waals surface area contributed by atoms with Crippen LogP contribution < -0.4 is 5.73 Å². The molecule has 2 aliphatic rings. The topological polar surface area (TPSA) is 65.2 Å². The third-order valence-corrected chi connectivity index (χ3v) is 6.22. The van der Waals surface area contributed by atoms with Gasteiger partial charge in [0.2, 0.25) is 0 Å². The van der Waals surface area contributed by atoms with E-state index in [0.29, 0.717) is 23.7 Å². The summed E-state index contributed by atoms with van der Waals surface area (Å²) in [5.41, 5.74) is 7.18. The summed E-state index contributed by atoms with van der Waals surface area (Å²) < 4.78 is 5.86. The number of ether oxygens (including phenoxy) is 1. The molecular weight excluding hydrogens is 264 g/mol. The van der Waals surface area contributed by atoms with Crippen molar-refractivity contribution in [3.63, 3.8) is 0 Å². The average Bonchev–Trinajstić information content (AvgIpc) is 2.80. The highest BCUT2D eigenvalue weighted by Gasteiger charge is 2.62. The molecule has 2 bridgehead atoms. The van der Waals surface area contributed by atoms with Gasteiger partial charge in [-0.05, 0) is 42.7 Å². The first-order valence-electron chi connectivity index (χ1n) is 7.74. The van der Waals surface area contributed by atoms with Crippen LogP contribution in [0.15, 0.2) is 18.3 Å². The molecule has 0 saturated heterocycles. The highest BCUT2D eigenvalue weighted by Crippen LogP contribution is 2.66. The van der Waals surface area contributed by atoms with E-state index in [2.05, 4.69) is 25.8 Å². The van der Waals surface area contributed by atoms with Crippen molar-refractivity contribution < 1.29 is 9.53 Å². The Morgan fingerprint density at radius 3 is 2.81 bits per heavy atom. The minimum Gasteiger partial charge on any atom is -0.458 e. The first-order valence-corrected chi connectivity index (χ1v) is 7.74. The van der Waals surface area contributed by atoms with Gasteiger partial charge in [0.15, 0.2) is 0 Å². The number of carbonyl (C=O) groups excluding carboxylic acids is 1. The van der Waals surface area contributed by atoms with Gasteiger partial charge in [-0.1, -0.05) is 20.8 Å². The van der Waals surface area contributed by atoms with Gasteiger partial charge in [0.05, 0.1) is 11.3 Å². The molecule has 4 heteroatoms. The molecule has 21 heavy (non-hydrogen) atoms. The number of hydrogen-bond acceptors (Lipinski definition) is 4. The van der Waals surface area contributed by atoms with Crippen LogP contribution >= 0.6 is 0 Å². The van der Waals surface area contributed by atoms with Gasteiger partial charge in [0.25, 0.3) is 0 Å². The Balaban J connectivity index is 1.77. The van der Waals surface area contributed by atoms with E-state index in [1.807, 2.05) is 0 Å². The van der Waals surface area contributed by atoms with Crippen LogP contribution in [-0.4, -0.2) is 17.1 Å². The lowest BCUT2D eigenvalue weighted by atomic mass is 9.70. The first-order chi connectivity index (χ1) is 9.88. The van der Waals surface area contributed by atoms with Crippen molar-refractivity contribution in [1.82, 2.24) is 4.98 Å².